The van der Waals surface area contributed by atoms with E-state index in [1.807, 2.05) is 0 Å². The van der Waals surface area contributed by atoms with Gasteiger partial charge in [-0.15, -0.1) is 0 Å². The number of nitrogens with zero attached hydrogens (tertiary/aromatic N) is 2. The molecule has 0 heterocycles. The number of anilines is 2. The molecular formula is C24H25N3O9S. The average molecular weight is 532 g/mol. The van der Waals surface area contributed by atoms with Crippen LogP contribution in [0.25, 0.3) is 0 Å². The molecule has 3 aromatic rings. The molecule has 0 aliphatic carbocycles. The van der Waals surface area contributed by atoms with Crippen LogP contribution in [0.5, 0.6) is 23.0 Å². The van der Waals surface area contributed by atoms with Crippen molar-refractivity contribution in [2.75, 3.05) is 44.6 Å². The number of hydrogen-bond donors (Lipinski definition) is 1. The molecule has 13 heteroatoms. The molecule has 37 heavy (non-hydrogen) atoms. The van der Waals surface area contributed by atoms with Crippen LogP contribution in [-0.4, -0.2) is 54.2 Å². The first-order valence-electron chi connectivity index (χ1n) is 10.7. The van der Waals surface area contributed by atoms with Gasteiger partial charge in [0.15, 0.2) is 11.5 Å². The molecule has 0 bridgehead atoms. The fourth-order valence-corrected chi connectivity index (χ4v) is 4.86. The van der Waals surface area contributed by atoms with Gasteiger partial charge in [0.25, 0.3) is 15.7 Å². The number of sulfonamides is 1. The summed E-state index contributed by atoms with van der Waals surface area (Å²) in [4.78, 5) is 23.3. The minimum Gasteiger partial charge on any atom is -0.497 e. The minimum absolute atomic E-state index is 0.0332. The fraction of sp³-hybridized carbons (Fsp3) is 0.208. The highest BCUT2D eigenvalue weighted by molar-refractivity contribution is 7.92. The van der Waals surface area contributed by atoms with Gasteiger partial charge in [-0.25, -0.2) is 8.42 Å². The van der Waals surface area contributed by atoms with E-state index in [0.29, 0.717) is 11.5 Å². The maximum Gasteiger partial charge on any atom is 0.271 e. The van der Waals surface area contributed by atoms with Crippen LogP contribution >= 0.6 is 0 Å². The monoisotopic (exact) mass is 531 g/mol. The Labute approximate surface area is 213 Å². The van der Waals surface area contributed by atoms with Gasteiger partial charge in [-0.1, -0.05) is 6.07 Å². The van der Waals surface area contributed by atoms with Crippen LogP contribution in [0.15, 0.2) is 65.6 Å². The van der Waals surface area contributed by atoms with Crippen LogP contribution in [0.1, 0.15) is 0 Å². The van der Waals surface area contributed by atoms with Crippen molar-refractivity contribution in [1.82, 2.24) is 0 Å². The predicted molar refractivity (Wildman–Crippen MR) is 135 cm³/mol. The Morgan fingerprint density at radius 3 is 2.19 bits per heavy atom. The smallest absolute Gasteiger partial charge is 0.271 e. The standard InChI is InChI=1S/C24H25N3O9S/c1-33-18-8-10-21(34-2)20(13-18)26(15-24(28)25-16-6-5-7-17(12-16)27(29)30)37(31,32)19-9-11-22(35-3)23(14-19)36-4/h5-14H,15H2,1-4H3,(H,25,28). The molecule has 0 saturated heterocycles. The average Bonchev–Trinajstić information content (AvgIpc) is 2.90. The number of nitro benzene ring substituents is 1. The van der Waals surface area contributed by atoms with Gasteiger partial charge in [-0.2, -0.15) is 0 Å². The van der Waals surface area contributed by atoms with Crippen molar-refractivity contribution in [3.63, 3.8) is 0 Å². The molecule has 3 aromatic carbocycles. The Balaban J connectivity index is 2.09. The Morgan fingerprint density at radius 1 is 0.892 bits per heavy atom. The topological polar surface area (TPSA) is 147 Å². The van der Waals surface area contributed by atoms with Gasteiger partial charge in [-0.3, -0.25) is 19.2 Å². The molecule has 0 unspecified atom stereocenters. The number of carbonyl (C=O) groups excluding carboxylic acids is 1. The quantitative estimate of drug-likeness (QED) is 0.290. The molecule has 12 nitrogen and oxygen atoms in total. The molecule has 0 atom stereocenters. The third-order valence-corrected chi connectivity index (χ3v) is 6.98. The molecule has 1 N–H and O–H groups in total. The van der Waals surface area contributed by atoms with E-state index in [-0.39, 0.29) is 33.5 Å². The van der Waals surface area contributed by atoms with E-state index in [4.69, 9.17) is 18.9 Å². The molecule has 0 aromatic heterocycles. The molecule has 196 valence electrons. The van der Waals surface area contributed by atoms with Crippen LogP contribution in [0.4, 0.5) is 17.1 Å². The Hall–Kier alpha value is -4.52. The second-order valence-electron chi connectivity index (χ2n) is 7.42. The van der Waals surface area contributed by atoms with Gasteiger partial charge >= 0.3 is 0 Å². The Morgan fingerprint density at radius 2 is 1.57 bits per heavy atom. The second kappa shape index (κ2) is 11.5. The third-order valence-electron chi connectivity index (χ3n) is 5.23. The van der Waals surface area contributed by atoms with Crippen molar-refractivity contribution in [1.29, 1.82) is 0 Å². The zero-order valence-corrected chi connectivity index (χ0v) is 21.3. The Kier molecular flexibility index (Phi) is 8.40. The number of methoxy groups -OCH3 is 4. The number of non-ortho nitro benzene ring substituents is 1. The van der Waals surface area contributed by atoms with Crippen molar-refractivity contribution in [2.45, 2.75) is 4.90 Å². The number of nitro groups is 1. The lowest BCUT2D eigenvalue weighted by atomic mass is 10.2. The lowest BCUT2D eigenvalue weighted by Crippen LogP contribution is -2.38. The number of nitrogens with one attached hydrogen (secondary N) is 1. The maximum atomic E-state index is 13.9. The lowest BCUT2D eigenvalue weighted by Gasteiger charge is -2.26. The van der Waals surface area contributed by atoms with E-state index in [1.165, 1.54) is 77.0 Å². The number of hydrogen-bond acceptors (Lipinski definition) is 9. The predicted octanol–water partition coefficient (Wildman–Crippen LogP) is 3.46. The van der Waals surface area contributed by atoms with E-state index >= 15 is 0 Å². The first-order valence-corrected chi connectivity index (χ1v) is 12.1. The zero-order chi connectivity index (χ0) is 27.2. The number of benzene rings is 3. The molecule has 0 spiro atoms. The molecule has 0 radical (unpaired) electrons. The summed E-state index contributed by atoms with van der Waals surface area (Å²) in [6.45, 7) is -0.692. The summed E-state index contributed by atoms with van der Waals surface area (Å²) in [5, 5.41) is 13.6. The number of rotatable bonds is 11. The van der Waals surface area contributed by atoms with Crippen LogP contribution < -0.4 is 28.6 Å². The molecule has 3 rings (SSSR count). The van der Waals surface area contributed by atoms with Crippen molar-refractivity contribution in [2.24, 2.45) is 0 Å². The summed E-state index contributed by atoms with van der Waals surface area (Å²) < 4.78 is 49.6. The van der Waals surface area contributed by atoms with Gasteiger partial charge in [0.05, 0.1) is 43.9 Å². The highest BCUT2D eigenvalue weighted by atomic mass is 32.2. The SMILES string of the molecule is COc1ccc(OC)c(N(CC(=O)Nc2cccc([N+](=O)[O-])c2)S(=O)(=O)c2ccc(OC)c(OC)c2)c1. The maximum absolute atomic E-state index is 13.9. The van der Waals surface area contributed by atoms with Crippen molar-refractivity contribution in [3.05, 3.63) is 70.8 Å². The summed E-state index contributed by atoms with van der Waals surface area (Å²) in [6.07, 6.45) is 0. The van der Waals surface area contributed by atoms with Crippen LogP contribution in [0, 0.1) is 10.1 Å². The first kappa shape index (κ1) is 27.1. The van der Waals surface area contributed by atoms with E-state index in [2.05, 4.69) is 5.32 Å². The molecule has 1 amide bonds. The number of ether oxygens (including phenoxy) is 4. The van der Waals surface area contributed by atoms with Crippen molar-refractivity contribution < 1.29 is 37.1 Å². The largest absolute Gasteiger partial charge is 0.497 e. The highest BCUT2D eigenvalue weighted by Gasteiger charge is 2.31. The number of amides is 1. The van der Waals surface area contributed by atoms with Gasteiger partial charge in [-0.05, 0) is 30.3 Å². The van der Waals surface area contributed by atoms with E-state index in [0.717, 1.165) is 10.4 Å². The van der Waals surface area contributed by atoms with E-state index < -0.39 is 27.4 Å². The van der Waals surface area contributed by atoms with Crippen molar-refractivity contribution >= 4 is 33.0 Å². The summed E-state index contributed by atoms with van der Waals surface area (Å²) in [6, 6.07) is 13.8. The van der Waals surface area contributed by atoms with Crippen LogP contribution in [-0.2, 0) is 14.8 Å². The van der Waals surface area contributed by atoms with Gasteiger partial charge in [0, 0.05) is 30.0 Å². The lowest BCUT2D eigenvalue weighted by molar-refractivity contribution is -0.384. The molecular weight excluding hydrogens is 506 g/mol. The number of carbonyl (C=O) groups is 1. The fourth-order valence-electron chi connectivity index (χ4n) is 3.42. The molecule has 0 aliphatic heterocycles. The molecule has 0 aliphatic rings. The summed E-state index contributed by atoms with van der Waals surface area (Å²) >= 11 is 0. The second-order valence-corrected chi connectivity index (χ2v) is 9.28. The molecule has 0 saturated carbocycles. The third kappa shape index (κ3) is 6.01. The normalized spacial score (nSPS) is 10.8. The minimum atomic E-state index is -4.39. The highest BCUT2D eigenvalue weighted by Crippen LogP contribution is 2.37. The first-order chi connectivity index (χ1) is 17.6. The van der Waals surface area contributed by atoms with E-state index in [1.54, 1.807) is 6.07 Å². The van der Waals surface area contributed by atoms with E-state index in [9.17, 15) is 23.3 Å². The summed E-state index contributed by atoms with van der Waals surface area (Å²) in [5.41, 5.74) is -0.0758. The van der Waals surface area contributed by atoms with Gasteiger partial charge in [0.1, 0.15) is 18.0 Å². The van der Waals surface area contributed by atoms with Gasteiger partial charge < -0.3 is 24.3 Å². The summed E-state index contributed by atoms with van der Waals surface area (Å²) in [5.74, 6) is 0.211. The van der Waals surface area contributed by atoms with Crippen LogP contribution in [0.2, 0.25) is 0 Å². The zero-order valence-electron chi connectivity index (χ0n) is 20.5. The van der Waals surface area contributed by atoms with Gasteiger partial charge in [0.2, 0.25) is 5.91 Å². The van der Waals surface area contributed by atoms with Crippen molar-refractivity contribution in [3.8, 4) is 23.0 Å². The summed E-state index contributed by atoms with van der Waals surface area (Å²) in [7, 11) is 1.16. The molecule has 0 fully saturated rings. The van der Waals surface area contributed by atoms with Crippen LogP contribution in [0.3, 0.4) is 0 Å². The Bertz CT molecular complexity index is 1410.